The van der Waals surface area contributed by atoms with Gasteiger partial charge in [0.05, 0.1) is 19.1 Å². The molecule has 1 saturated heterocycles. The Balaban J connectivity index is 1.39. The molecule has 0 amide bonds. The van der Waals surface area contributed by atoms with Gasteiger partial charge in [-0.3, -0.25) is 9.58 Å². The van der Waals surface area contributed by atoms with Crippen LogP contribution in [0.15, 0.2) is 61.4 Å². The molecule has 0 radical (unpaired) electrons. The summed E-state index contributed by atoms with van der Waals surface area (Å²) in [6.45, 7) is 6.36. The smallest absolute Gasteiger partial charge is 0.0949 e. The zero-order valence-electron chi connectivity index (χ0n) is 14.7. The highest BCUT2D eigenvalue weighted by atomic mass is 15.3. The summed E-state index contributed by atoms with van der Waals surface area (Å²) in [5.74, 6) is 0.686. The SMILES string of the molecule is C[C@H]1CCN(Cc2cnn(Cc3ccccc3)c2)C[C@@H]1n1ccnc1. The number of rotatable bonds is 5. The van der Waals surface area contributed by atoms with E-state index in [9.17, 15) is 0 Å². The first-order valence-corrected chi connectivity index (χ1v) is 9.03. The molecule has 0 bridgehead atoms. The molecule has 5 heteroatoms. The molecule has 1 aromatic carbocycles. The van der Waals surface area contributed by atoms with E-state index in [0.29, 0.717) is 12.0 Å². The lowest BCUT2D eigenvalue weighted by Crippen LogP contribution is -2.39. The standard InChI is InChI=1S/C20H25N5/c1-17-7-9-23(15-20(17)24-10-8-21-16-24)12-19-11-22-25(14-19)13-18-5-3-2-4-6-18/h2-6,8,10-11,14,16-17,20H,7,9,12-13,15H2,1H3/t17-,20-/m0/s1. The quantitative estimate of drug-likeness (QED) is 0.719. The summed E-state index contributed by atoms with van der Waals surface area (Å²) >= 11 is 0. The van der Waals surface area contributed by atoms with Crippen molar-refractivity contribution in [2.24, 2.45) is 5.92 Å². The summed E-state index contributed by atoms with van der Waals surface area (Å²) in [5.41, 5.74) is 2.57. The first-order valence-electron chi connectivity index (χ1n) is 9.03. The third kappa shape index (κ3) is 3.82. The molecular weight excluding hydrogens is 310 g/mol. The van der Waals surface area contributed by atoms with Gasteiger partial charge in [-0.2, -0.15) is 5.10 Å². The third-order valence-electron chi connectivity index (χ3n) is 5.19. The summed E-state index contributed by atoms with van der Waals surface area (Å²) in [7, 11) is 0. The van der Waals surface area contributed by atoms with E-state index in [2.05, 4.69) is 63.1 Å². The predicted molar refractivity (Wildman–Crippen MR) is 98.1 cm³/mol. The summed E-state index contributed by atoms with van der Waals surface area (Å²) in [6, 6.07) is 11.0. The van der Waals surface area contributed by atoms with E-state index < -0.39 is 0 Å². The number of nitrogens with zero attached hydrogens (tertiary/aromatic N) is 5. The summed E-state index contributed by atoms with van der Waals surface area (Å²) in [4.78, 5) is 6.75. The molecule has 1 aliphatic heterocycles. The predicted octanol–water partition coefficient (Wildman–Crippen LogP) is 3.21. The molecule has 130 valence electrons. The fourth-order valence-electron chi connectivity index (χ4n) is 3.71. The van der Waals surface area contributed by atoms with Crippen LogP contribution in [0, 0.1) is 5.92 Å². The first kappa shape index (κ1) is 16.1. The largest absolute Gasteiger partial charge is 0.333 e. The number of likely N-dealkylation sites (tertiary alicyclic amines) is 1. The number of hydrogen-bond acceptors (Lipinski definition) is 3. The van der Waals surface area contributed by atoms with Crippen LogP contribution in [0.3, 0.4) is 0 Å². The van der Waals surface area contributed by atoms with E-state index in [1.807, 2.05) is 29.5 Å². The van der Waals surface area contributed by atoms with Gasteiger partial charge in [0.25, 0.3) is 0 Å². The Bertz CT molecular complexity index is 778. The molecule has 1 aliphatic rings. The number of imidazole rings is 1. The summed E-state index contributed by atoms with van der Waals surface area (Å²) in [6.07, 6.45) is 11.3. The van der Waals surface area contributed by atoms with Gasteiger partial charge in [0.1, 0.15) is 0 Å². The second-order valence-electron chi connectivity index (χ2n) is 7.11. The normalized spacial score (nSPS) is 21.5. The van der Waals surface area contributed by atoms with Gasteiger partial charge in [0, 0.05) is 43.3 Å². The van der Waals surface area contributed by atoms with Gasteiger partial charge in [0.2, 0.25) is 0 Å². The van der Waals surface area contributed by atoms with Crippen molar-refractivity contribution in [2.75, 3.05) is 13.1 Å². The van der Waals surface area contributed by atoms with Crippen molar-refractivity contribution in [3.05, 3.63) is 72.6 Å². The molecule has 0 spiro atoms. The zero-order chi connectivity index (χ0) is 17.1. The number of hydrogen-bond donors (Lipinski definition) is 0. The van der Waals surface area contributed by atoms with Gasteiger partial charge in [-0.15, -0.1) is 0 Å². The lowest BCUT2D eigenvalue weighted by atomic mass is 9.93. The molecule has 0 unspecified atom stereocenters. The minimum Gasteiger partial charge on any atom is -0.333 e. The van der Waals surface area contributed by atoms with Gasteiger partial charge in [-0.25, -0.2) is 4.98 Å². The van der Waals surface area contributed by atoms with Crippen molar-refractivity contribution in [3.63, 3.8) is 0 Å². The highest BCUT2D eigenvalue weighted by Crippen LogP contribution is 2.28. The Hall–Kier alpha value is -2.40. The molecule has 4 rings (SSSR count). The van der Waals surface area contributed by atoms with Gasteiger partial charge in [-0.05, 0) is 24.4 Å². The van der Waals surface area contributed by atoms with E-state index in [0.717, 1.165) is 26.2 Å². The van der Waals surface area contributed by atoms with Gasteiger partial charge >= 0.3 is 0 Å². The minimum absolute atomic E-state index is 0.510. The van der Waals surface area contributed by atoms with Crippen molar-refractivity contribution in [1.82, 2.24) is 24.2 Å². The minimum atomic E-state index is 0.510. The van der Waals surface area contributed by atoms with Gasteiger partial charge in [0.15, 0.2) is 0 Å². The second-order valence-corrected chi connectivity index (χ2v) is 7.11. The molecule has 2 aromatic heterocycles. The molecule has 3 aromatic rings. The maximum atomic E-state index is 4.54. The summed E-state index contributed by atoms with van der Waals surface area (Å²) in [5, 5.41) is 4.54. The highest BCUT2D eigenvalue weighted by Gasteiger charge is 2.27. The highest BCUT2D eigenvalue weighted by molar-refractivity contribution is 5.15. The van der Waals surface area contributed by atoms with E-state index in [-0.39, 0.29) is 0 Å². The van der Waals surface area contributed by atoms with Crippen LogP contribution in [0.4, 0.5) is 0 Å². The van der Waals surface area contributed by atoms with Crippen molar-refractivity contribution >= 4 is 0 Å². The van der Waals surface area contributed by atoms with Crippen LogP contribution < -0.4 is 0 Å². The molecular formula is C20H25N5. The monoisotopic (exact) mass is 335 g/mol. The maximum absolute atomic E-state index is 4.54. The van der Waals surface area contributed by atoms with Crippen LogP contribution >= 0.6 is 0 Å². The molecule has 3 heterocycles. The second kappa shape index (κ2) is 7.23. The van der Waals surface area contributed by atoms with Crippen LogP contribution in [0.5, 0.6) is 0 Å². The Morgan fingerprint density at radius 2 is 2.00 bits per heavy atom. The topological polar surface area (TPSA) is 38.9 Å². The third-order valence-corrected chi connectivity index (χ3v) is 5.19. The molecule has 0 aliphatic carbocycles. The Kier molecular flexibility index (Phi) is 4.65. The first-order chi connectivity index (χ1) is 12.3. The van der Waals surface area contributed by atoms with Crippen LogP contribution in [0.1, 0.15) is 30.5 Å². The number of aromatic nitrogens is 4. The van der Waals surface area contributed by atoms with Crippen molar-refractivity contribution < 1.29 is 0 Å². The fourth-order valence-corrected chi connectivity index (χ4v) is 3.71. The number of piperidine rings is 1. The molecule has 0 saturated carbocycles. The average molecular weight is 335 g/mol. The lowest BCUT2D eigenvalue weighted by molar-refractivity contribution is 0.126. The summed E-state index contributed by atoms with van der Waals surface area (Å²) < 4.78 is 4.29. The van der Waals surface area contributed by atoms with E-state index in [4.69, 9.17) is 0 Å². The number of benzene rings is 1. The van der Waals surface area contributed by atoms with Crippen molar-refractivity contribution in [2.45, 2.75) is 32.5 Å². The Morgan fingerprint density at radius 1 is 1.12 bits per heavy atom. The molecule has 1 fully saturated rings. The van der Waals surface area contributed by atoms with Crippen LogP contribution in [0.2, 0.25) is 0 Å². The maximum Gasteiger partial charge on any atom is 0.0949 e. The molecule has 25 heavy (non-hydrogen) atoms. The van der Waals surface area contributed by atoms with Crippen LogP contribution in [-0.2, 0) is 13.1 Å². The Morgan fingerprint density at radius 3 is 2.80 bits per heavy atom. The lowest BCUT2D eigenvalue weighted by Gasteiger charge is -2.37. The van der Waals surface area contributed by atoms with Gasteiger partial charge in [-0.1, -0.05) is 37.3 Å². The van der Waals surface area contributed by atoms with Crippen LogP contribution in [-0.4, -0.2) is 37.3 Å². The molecule has 0 N–H and O–H groups in total. The molecule has 5 nitrogen and oxygen atoms in total. The van der Waals surface area contributed by atoms with E-state index in [1.165, 1.54) is 17.5 Å². The zero-order valence-corrected chi connectivity index (χ0v) is 14.7. The van der Waals surface area contributed by atoms with E-state index >= 15 is 0 Å². The molecule has 2 atom stereocenters. The fraction of sp³-hybridized carbons (Fsp3) is 0.400. The van der Waals surface area contributed by atoms with Crippen molar-refractivity contribution in [1.29, 1.82) is 0 Å². The van der Waals surface area contributed by atoms with Gasteiger partial charge < -0.3 is 4.57 Å². The van der Waals surface area contributed by atoms with Crippen LogP contribution in [0.25, 0.3) is 0 Å². The average Bonchev–Trinajstić information content (AvgIpc) is 3.30. The Labute approximate surface area is 148 Å². The van der Waals surface area contributed by atoms with Crippen molar-refractivity contribution in [3.8, 4) is 0 Å². The van der Waals surface area contributed by atoms with E-state index in [1.54, 1.807) is 0 Å².